The molecule has 0 radical (unpaired) electrons. The Labute approximate surface area is 75.3 Å². The van der Waals surface area contributed by atoms with Gasteiger partial charge in [0.2, 0.25) is 0 Å². The van der Waals surface area contributed by atoms with Crippen molar-refractivity contribution in [1.29, 1.82) is 0 Å². The molecule has 0 aromatic carbocycles. The van der Waals surface area contributed by atoms with Crippen LogP contribution in [0, 0.1) is 17.8 Å². The minimum atomic E-state index is -2.62. The summed E-state index contributed by atoms with van der Waals surface area (Å²) in [5, 5.41) is 0. The van der Waals surface area contributed by atoms with E-state index < -0.39 is 23.7 Å². The highest BCUT2D eigenvalue weighted by atomic mass is 19.3. The second-order valence-corrected chi connectivity index (χ2v) is 3.77. The van der Waals surface area contributed by atoms with Crippen LogP contribution in [0.2, 0.25) is 0 Å². The smallest absolute Gasteiger partial charge is 0.309 e. The van der Waals surface area contributed by atoms with Gasteiger partial charge in [0.1, 0.15) is 0 Å². The molecule has 13 heavy (non-hydrogen) atoms. The summed E-state index contributed by atoms with van der Waals surface area (Å²) in [4.78, 5) is 11.2. The molecule has 0 aromatic heterocycles. The summed E-state index contributed by atoms with van der Waals surface area (Å²) >= 11 is 0. The van der Waals surface area contributed by atoms with Gasteiger partial charge in [-0.2, -0.15) is 0 Å². The molecule has 3 atom stereocenters. The van der Waals surface area contributed by atoms with Crippen LogP contribution in [0.4, 0.5) is 8.78 Å². The summed E-state index contributed by atoms with van der Waals surface area (Å²) in [6.07, 6.45) is 0.416. The first-order valence-electron chi connectivity index (χ1n) is 4.62. The highest BCUT2D eigenvalue weighted by Gasteiger charge is 2.70. The van der Waals surface area contributed by atoms with Gasteiger partial charge in [-0.1, -0.05) is 0 Å². The zero-order valence-corrected chi connectivity index (χ0v) is 7.43. The second-order valence-electron chi connectivity index (χ2n) is 3.77. The minimum absolute atomic E-state index is 0.0573. The largest absolute Gasteiger partial charge is 0.466 e. The van der Waals surface area contributed by atoms with E-state index in [0.717, 1.165) is 0 Å². The lowest BCUT2D eigenvalue weighted by Crippen LogP contribution is -2.21. The molecule has 0 unspecified atom stereocenters. The van der Waals surface area contributed by atoms with Crippen molar-refractivity contribution in [3.05, 3.63) is 0 Å². The van der Waals surface area contributed by atoms with Crippen LogP contribution in [-0.2, 0) is 9.53 Å². The molecule has 0 bridgehead atoms. The molecule has 0 amide bonds. The van der Waals surface area contributed by atoms with Gasteiger partial charge in [0.25, 0.3) is 5.92 Å². The van der Waals surface area contributed by atoms with Crippen LogP contribution >= 0.6 is 0 Å². The molecule has 0 saturated heterocycles. The first-order valence-corrected chi connectivity index (χ1v) is 4.62. The fourth-order valence-electron chi connectivity index (χ4n) is 2.39. The Kier molecular flexibility index (Phi) is 1.82. The summed E-state index contributed by atoms with van der Waals surface area (Å²) in [7, 11) is 0. The normalized spacial score (nSPS) is 39.8. The maximum atomic E-state index is 13.0. The first-order chi connectivity index (χ1) is 6.08. The van der Waals surface area contributed by atoms with E-state index >= 15 is 0 Å². The maximum absolute atomic E-state index is 13.0. The van der Waals surface area contributed by atoms with Crippen molar-refractivity contribution in [3.63, 3.8) is 0 Å². The van der Waals surface area contributed by atoms with E-state index in [9.17, 15) is 13.6 Å². The van der Waals surface area contributed by atoms with Crippen molar-refractivity contribution in [1.82, 2.24) is 0 Å². The van der Waals surface area contributed by atoms with E-state index in [2.05, 4.69) is 0 Å². The zero-order chi connectivity index (χ0) is 9.64. The topological polar surface area (TPSA) is 26.3 Å². The van der Waals surface area contributed by atoms with Crippen molar-refractivity contribution >= 4 is 5.97 Å². The van der Waals surface area contributed by atoms with Gasteiger partial charge in [-0.3, -0.25) is 4.79 Å². The molecule has 4 heteroatoms. The average Bonchev–Trinajstić information content (AvgIpc) is 2.69. The predicted molar refractivity (Wildman–Crippen MR) is 41.3 cm³/mol. The van der Waals surface area contributed by atoms with E-state index in [1.165, 1.54) is 0 Å². The number of esters is 1. The molecule has 2 nitrogen and oxygen atoms in total. The molecular weight excluding hydrogens is 178 g/mol. The van der Waals surface area contributed by atoms with Crippen LogP contribution in [0.15, 0.2) is 0 Å². The fourth-order valence-corrected chi connectivity index (χ4v) is 2.39. The molecule has 2 fully saturated rings. The standard InChI is InChI=1S/C9H12F2O2/c1-2-13-8(12)6-5-3-4-9(10,11)7(5)6/h5-7H,2-4H2,1H3/t5-,6-,7-/m1/s1. The van der Waals surface area contributed by atoms with E-state index in [0.29, 0.717) is 6.42 Å². The molecule has 0 N–H and O–H groups in total. The summed E-state index contributed by atoms with van der Waals surface area (Å²) in [6, 6.07) is 0. The highest BCUT2D eigenvalue weighted by Crippen LogP contribution is 2.64. The van der Waals surface area contributed by atoms with Crippen molar-refractivity contribution in [2.45, 2.75) is 25.7 Å². The number of carbonyl (C=O) groups excluding carboxylic acids is 1. The number of fused-ring (bicyclic) bond motifs is 1. The summed E-state index contributed by atoms with van der Waals surface area (Å²) < 4.78 is 30.8. The van der Waals surface area contributed by atoms with Gasteiger partial charge in [0.15, 0.2) is 0 Å². The number of hydrogen-bond acceptors (Lipinski definition) is 2. The third kappa shape index (κ3) is 1.23. The van der Waals surface area contributed by atoms with Gasteiger partial charge < -0.3 is 4.74 Å². The number of hydrogen-bond donors (Lipinski definition) is 0. The van der Waals surface area contributed by atoms with Crippen LogP contribution in [0.1, 0.15) is 19.8 Å². The molecule has 2 aliphatic rings. The first kappa shape index (κ1) is 8.91. The van der Waals surface area contributed by atoms with E-state index in [-0.39, 0.29) is 18.9 Å². The SMILES string of the molecule is CCOC(=O)[C@@H]1[C@H]2CCC(F)(F)[C@H]21. The zero-order valence-electron chi connectivity index (χ0n) is 7.43. The predicted octanol–water partition coefficient (Wildman–Crippen LogP) is 1.84. The Hall–Kier alpha value is -0.670. The third-order valence-corrected chi connectivity index (χ3v) is 3.03. The lowest BCUT2D eigenvalue weighted by atomic mass is 10.1. The highest BCUT2D eigenvalue weighted by molar-refractivity contribution is 5.77. The second kappa shape index (κ2) is 2.66. The minimum Gasteiger partial charge on any atom is -0.466 e. The number of halogens is 2. The third-order valence-electron chi connectivity index (χ3n) is 3.03. The Morgan fingerprint density at radius 3 is 2.77 bits per heavy atom. The number of alkyl halides is 2. The fraction of sp³-hybridized carbons (Fsp3) is 0.889. The molecule has 2 rings (SSSR count). The van der Waals surface area contributed by atoms with Gasteiger partial charge in [-0.25, -0.2) is 8.78 Å². The quantitative estimate of drug-likeness (QED) is 0.621. The Bertz CT molecular complexity index is 240. The van der Waals surface area contributed by atoms with Crippen LogP contribution in [0.25, 0.3) is 0 Å². The summed E-state index contributed by atoms with van der Waals surface area (Å²) in [5.41, 5.74) is 0. The van der Waals surface area contributed by atoms with Crippen molar-refractivity contribution < 1.29 is 18.3 Å². The molecule has 74 valence electrons. The van der Waals surface area contributed by atoms with Gasteiger partial charge in [0, 0.05) is 12.3 Å². The molecule has 2 aliphatic carbocycles. The molecule has 0 aromatic rings. The van der Waals surface area contributed by atoms with E-state index in [1.807, 2.05) is 0 Å². The number of ether oxygens (including phenoxy) is 1. The lowest BCUT2D eigenvalue weighted by molar-refractivity contribution is -0.147. The van der Waals surface area contributed by atoms with Crippen LogP contribution in [0.5, 0.6) is 0 Å². The average molecular weight is 190 g/mol. The Balaban J connectivity index is 1.98. The molecule has 0 aliphatic heterocycles. The van der Waals surface area contributed by atoms with Crippen LogP contribution < -0.4 is 0 Å². The maximum Gasteiger partial charge on any atom is 0.309 e. The van der Waals surface area contributed by atoms with Crippen molar-refractivity contribution in [2.24, 2.45) is 17.8 Å². The molecular formula is C9H12F2O2. The van der Waals surface area contributed by atoms with Gasteiger partial charge in [-0.15, -0.1) is 0 Å². The molecule has 0 heterocycles. The van der Waals surface area contributed by atoms with E-state index in [4.69, 9.17) is 4.74 Å². The van der Waals surface area contributed by atoms with Gasteiger partial charge >= 0.3 is 5.97 Å². The monoisotopic (exact) mass is 190 g/mol. The van der Waals surface area contributed by atoms with Gasteiger partial charge in [0.05, 0.1) is 12.5 Å². The van der Waals surface area contributed by atoms with E-state index in [1.54, 1.807) is 6.92 Å². The van der Waals surface area contributed by atoms with Crippen LogP contribution in [-0.4, -0.2) is 18.5 Å². The summed E-state index contributed by atoms with van der Waals surface area (Å²) in [6.45, 7) is 1.97. The lowest BCUT2D eigenvalue weighted by Gasteiger charge is -2.12. The van der Waals surface area contributed by atoms with Crippen LogP contribution in [0.3, 0.4) is 0 Å². The number of carbonyl (C=O) groups is 1. The Morgan fingerprint density at radius 1 is 1.62 bits per heavy atom. The number of rotatable bonds is 2. The van der Waals surface area contributed by atoms with Crippen molar-refractivity contribution in [3.8, 4) is 0 Å². The van der Waals surface area contributed by atoms with Gasteiger partial charge in [-0.05, 0) is 19.3 Å². The summed E-state index contributed by atoms with van der Waals surface area (Å²) in [5.74, 6) is -4.39. The van der Waals surface area contributed by atoms with Crippen molar-refractivity contribution in [2.75, 3.05) is 6.61 Å². The molecule has 0 spiro atoms. The molecule has 2 saturated carbocycles. The Morgan fingerprint density at radius 2 is 2.31 bits per heavy atom.